The molecule has 0 N–H and O–H groups in total. The summed E-state index contributed by atoms with van der Waals surface area (Å²) in [5.74, 6) is 0.561. The molecule has 0 aliphatic carbocycles. The van der Waals surface area contributed by atoms with Gasteiger partial charge in [0.1, 0.15) is 0 Å². The number of rotatable bonds is 5. The molecule has 0 aromatic carbocycles. The lowest BCUT2D eigenvalue weighted by molar-refractivity contribution is -0.137. The highest BCUT2D eigenvalue weighted by Gasteiger charge is 2.32. The van der Waals surface area contributed by atoms with Crippen molar-refractivity contribution in [1.82, 2.24) is 0 Å². The number of ether oxygens (including phenoxy) is 2. The maximum absolute atomic E-state index is 11.1. The van der Waals surface area contributed by atoms with Crippen LogP contribution in [0.1, 0.15) is 20.8 Å². The van der Waals surface area contributed by atoms with E-state index in [1.165, 1.54) is 6.08 Å². The van der Waals surface area contributed by atoms with Gasteiger partial charge in [-0.2, -0.15) is 0 Å². The highest BCUT2D eigenvalue weighted by Crippen LogP contribution is 2.27. The lowest BCUT2D eigenvalue weighted by Gasteiger charge is -2.13. The van der Waals surface area contributed by atoms with Gasteiger partial charge in [0.25, 0.3) is 0 Å². The molecule has 1 rings (SSSR count). The fourth-order valence-electron chi connectivity index (χ4n) is 1.43. The van der Waals surface area contributed by atoms with E-state index in [1.54, 1.807) is 6.92 Å². The van der Waals surface area contributed by atoms with Crippen molar-refractivity contribution < 1.29 is 14.3 Å². The minimum absolute atomic E-state index is 0.265. The molecule has 0 amide bonds. The summed E-state index contributed by atoms with van der Waals surface area (Å²) in [5.41, 5.74) is 0. The van der Waals surface area contributed by atoms with E-state index in [2.05, 4.69) is 13.8 Å². The van der Waals surface area contributed by atoms with Gasteiger partial charge >= 0.3 is 5.97 Å². The Morgan fingerprint density at radius 1 is 1.64 bits per heavy atom. The Hall–Kier alpha value is -0.830. The van der Waals surface area contributed by atoms with Crippen molar-refractivity contribution in [3.8, 4) is 0 Å². The van der Waals surface area contributed by atoms with E-state index in [-0.39, 0.29) is 5.97 Å². The Morgan fingerprint density at radius 2 is 2.29 bits per heavy atom. The number of hydrogen-bond donors (Lipinski definition) is 0. The molecule has 0 aromatic heterocycles. The van der Waals surface area contributed by atoms with Crippen LogP contribution in [0, 0.1) is 11.8 Å². The maximum atomic E-state index is 11.1. The predicted molar refractivity (Wildman–Crippen MR) is 53.8 cm³/mol. The minimum atomic E-state index is -0.265. The first-order valence-corrected chi connectivity index (χ1v) is 5.11. The van der Waals surface area contributed by atoms with Gasteiger partial charge in [0.05, 0.1) is 19.3 Å². The van der Waals surface area contributed by atoms with Crippen LogP contribution in [0.3, 0.4) is 0 Å². The third kappa shape index (κ3) is 3.50. The van der Waals surface area contributed by atoms with Gasteiger partial charge in [-0.05, 0) is 12.8 Å². The molecule has 14 heavy (non-hydrogen) atoms. The van der Waals surface area contributed by atoms with Gasteiger partial charge in [0.2, 0.25) is 0 Å². The molecule has 3 heteroatoms. The van der Waals surface area contributed by atoms with Crippen LogP contribution in [0.15, 0.2) is 12.2 Å². The normalized spacial score (nSPS) is 22.7. The van der Waals surface area contributed by atoms with Gasteiger partial charge in [-0.15, -0.1) is 0 Å². The molecule has 0 spiro atoms. The van der Waals surface area contributed by atoms with Gasteiger partial charge in [-0.25, -0.2) is 4.79 Å². The molecule has 0 aromatic rings. The number of carbonyl (C=O) groups excluding carboxylic acids is 1. The molecule has 0 radical (unpaired) electrons. The monoisotopic (exact) mass is 198 g/mol. The number of carbonyl (C=O) groups is 1. The van der Waals surface area contributed by atoms with Crippen molar-refractivity contribution in [1.29, 1.82) is 0 Å². The first-order valence-electron chi connectivity index (χ1n) is 5.11. The van der Waals surface area contributed by atoms with Gasteiger partial charge in [-0.3, -0.25) is 0 Å². The van der Waals surface area contributed by atoms with Crippen LogP contribution in [-0.4, -0.2) is 25.3 Å². The molecule has 1 fully saturated rings. The molecule has 2 atom stereocenters. The van der Waals surface area contributed by atoms with Crippen molar-refractivity contribution in [2.75, 3.05) is 13.2 Å². The Kier molecular flexibility index (Phi) is 4.14. The Bertz CT molecular complexity index is 215. The van der Waals surface area contributed by atoms with Gasteiger partial charge in [0.15, 0.2) is 0 Å². The molecule has 0 saturated carbocycles. The van der Waals surface area contributed by atoms with Crippen LogP contribution in [0.4, 0.5) is 0 Å². The molecular formula is C11H18O3. The van der Waals surface area contributed by atoms with Crippen LogP contribution in [0.5, 0.6) is 0 Å². The van der Waals surface area contributed by atoms with Gasteiger partial charge < -0.3 is 9.47 Å². The molecule has 1 aliphatic rings. The smallest absolute Gasteiger partial charge is 0.330 e. The van der Waals surface area contributed by atoms with Crippen LogP contribution in [0.25, 0.3) is 0 Å². The average Bonchev–Trinajstić information content (AvgIpc) is 2.88. The Labute approximate surface area is 85.1 Å². The van der Waals surface area contributed by atoms with E-state index in [9.17, 15) is 4.79 Å². The molecule has 1 aliphatic heterocycles. The maximum Gasteiger partial charge on any atom is 0.330 e. The summed E-state index contributed by atoms with van der Waals surface area (Å²) in [5, 5.41) is 0. The Balaban J connectivity index is 2.41. The lowest BCUT2D eigenvalue weighted by atomic mass is 9.92. The van der Waals surface area contributed by atoms with E-state index in [0.29, 0.717) is 24.5 Å². The largest absolute Gasteiger partial charge is 0.463 e. The van der Waals surface area contributed by atoms with Crippen LogP contribution in [-0.2, 0) is 14.3 Å². The molecular weight excluding hydrogens is 180 g/mol. The SMILES string of the molecule is CCOC(=O)/C=C/C(C(C)C)[C@@H]1CO1. The van der Waals surface area contributed by atoms with Crippen molar-refractivity contribution >= 4 is 5.97 Å². The summed E-state index contributed by atoms with van der Waals surface area (Å²) < 4.78 is 10.0. The molecule has 1 saturated heterocycles. The fraction of sp³-hybridized carbons (Fsp3) is 0.727. The number of hydrogen-bond acceptors (Lipinski definition) is 3. The van der Waals surface area contributed by atoms with Crippen molar-refractivity contribution in [3.05, 3.63) is 12.2 Å². The summed E-state index contributed by atoms with van der Waals surface area (Å²) >= 11 is 0. The molecule has 80 valence electrons. The molecule has 1 heterocycles. The lowest BCUT2D eigenvalue weighted by Crippen LogP contribution is -2.13. The van der Waals surface area contributed by atoms with Gasteiger partial charge in [0, 0.05) is 12.0 Å². The summed E-state index contributed by atoms with van der Waals surface area (Å²) in [6.07, 6.45) is 3.72. The van der Waals surface area contributed by atoms with E-state index in [4.69, 9.17) is 9.47 Å². The van der Waals surface area contributed by atoms with Gasteiger partial charge in [-0.1, -0.05) is 19.9 Å². The second kappa shape index (κ2) is 5.15. The first kappa shape index (κ1) is 11.2. The van der Waals surface area contributed by atoms with E-state index in [0.717, 1.165) is 6.61 Å². The summed E-state index contributed by atoms with van der Waals surface area (Å²) in [4.78, 5) is 11.1. The van der Waals surface area contributed by atoms with E-state index < -0.39 is 0 Å². The second-order valence-electron chi connectivity index (χ2n) is 3.80. The molecule has 1 unspecified atom stereocenters. The predicted octanol–water partition coefficient (Wildman–Crippen LogP) is 1.78. The van der Waals surface area contributed by atoms with Crippen molar-refractivity contribution in [2.24, 2.45) is 11.8 Å². The standard InChI is InChI=1S/C11H18O3/c1-4-13-11(12)6-5-9(8(2)3)10-7-14-10/h5-6,8-10H,4,7H2,1-3H3/b6-5+/t9?,10-/m0/s1. The van der Waals surface area contributed by atoms with Crippen molar-refractivity contribution in [3.63, 3.8) is 0 Å². The second-order valence-corrected chi connectivity index (χ2v) is 3.80. The quantitative estimate of drug-likeness (QED) is 0.384. The summed E-state index contributed by atoms with van der Waals surface area (Å²) in [6.45, 7) is 7.30. The highest BCUT2D eigenvalue weighted by molar-refractivity contribution is 5.81. The summed E-state index contributed by atoms with van der Waals surface area (Å²) in [6, 6.07) is 0. The average molecular weight is 198 g/mol. The third-order valence-electron chi connectivity index (χ3n) is 2.30. The zero-order valence-electron chi connectivity index (χ0n) is 9.03. The fourth-order valence-corrected chi connectivity index (χ4v) is 1.43. The Morgan fingerprint density at radius 3 is 2.71 bits per heavy atom. The highest BCUT2D eigenvalue weighted by atomic mass is 16.6. The summed E-state index contributed by atoms with van der Waals surface area (Å²) in [7, 11) is 0. The van der Waals surface area contributed by atoms with Crippen LogP contribution < -0.4 is 0 Å². The first-order chi connectivity index (χ1) is 6.65. The third-order valence-corrected chi connectivity index (χ3v) is 2.30. The van der Waals surface area contributed by atoms with E-state index >= 15 is 0 Å². The van der Waals surface area contributed by atoms with Crippen molar-refractivity contribution in [2.45, 2.75) is 26.9 Å². The van der Waals surface area contributed by atoms with E-state index in [1.807, 2.05) is 6.08 Å². The van der Waals surface area contributed by atoms with Crippen LogP contribution >= 0.6 is 0 Å². The minimum Gasteiger partial charge on any atom is -0.463 e. The number of esters is 1. The van der Waals surface area contributed by atoms with Crippen LogP contribution in [0.2, 0.25) is 0 Å². The molecule has 3 nitrogen and oxygen atoms in total. The zero-order valence-corrected chi connectivity index (χ0v) is 9.03. The molecule has 0 bridgehead atoms. The zero-order chi connectivity index (χ0) is 10.6. The number of epoxide rings is 1. The topological polar surface area (TPSA) is 38.8 Å².